The number of nitrogens with zero attached hydrogens (tertiary/aromatic N) is 4. The minimum absolute atomic E-state index is 0.0337. The van der Waals surface area contributed by atoms with Gasteiger partial charge in [-0.2, -0.15) is 4.68 Å². The average Bonchev–Trinajstić information content (AvgIpc) is 3.48. The number of ether oxygens (including phenoxy) is 3. The predicted molar refractivity (Wildman–Crippen MR) is 152 cm³/mol. The molecule has 0 bridgehead atoms. The minimum atomic E-state index is -0.660. The van der Waals surface area contributed by atoms with Crippen molar-refractivity contribution in [2.45, 2.75) is 36.7 Å². The van der Waals surface area contributed by atoms with Crippen LogP contribution in [0, 0.1) is 0 Å². The third-order valence-electron chi connectivity index (χ3n) is 6.31. The molecular weight excluding hydrogens is 546 g/mol. The third kappa shape index (κ3) is 7.30. The summed E-state index contributed by atoms with van der Waals surface area (Å²) in [6.45, 7) is 3.62. The highest BCUT2D eigenvalue weighted by Gasteiger charge is 2.32. The zero-order chi connectivity index (χ0) is 28.6. The van der Waals surface area contributed by atoms with Crippen LogP contribution in [0.1, 0.15) is 35.5 Å². The lowest BCUT2D eigenvalue weighted by Crippen LogP contribution is -2.31. The number of tetrazole rings is 1. The number of hydrogen-bond acceptors (Lipinski definition) is 10. The van der Waals surface area contributed by atoms with Crippen LogP contribution in [-0.2, 0) is 20.8 Å². The molecular formula is C29H29N5O6S. The van der Waals surface area contributed by atoms with E-state index in [1.807, 2.05) is 36.4 Å². The molecule has 3 N–H and O–H groups in total. The fourth-order valence-corrected chi connectivity index (χ4v) is 5.14. The van der Waals surface area contributed by atoms with Gasteiger partial charge in [0, 0.05) is 23.4 Å². The number of carbonyl (C=O) groups excluding carboxylic acids is 1. The molecule has 1 amide bonds. The van der Waals surface area contributed by atoms with E-state index < -0.39 is 12.4 Å². The summed E-state index contributed by atoms with van der Waals surface area (Å²) >= 11 is 1.46. The van der Waals surface area contributed by atoms with Crippen LogP contribution in [-0.4, -0.2) is 55.0 Å². The number of benzene rings is 3. The van der Waals surface area contributed by atoms with Gasteiger partial charge in [0.15, 0.2) is 6.29 Å². The van der Waals surface area contributed by atoms with E-state index in [2.05, 4.69) is 27.4 Å². The van der Waals surface area contributed by atoms with Crippen molar-refractivity contribution in [2.24, 2.45) is 0 Å². The number of thioether (sulfide) groups is 1. The van der Waals surface area contributed by atoms with Gasteiger partial charge in [0.25, 0.3) is 0 Å². The summed E-state index contributed by atoms with van der Waals surface area (Å²) in [5.41, 5.74) is 3.88. The van der Waals surface area contributed by atoms with Crippen molar-refractivity contribution in [1.82, 2.24) is 20.2 Å². The van der Waals surface area contributed by atoms with Crippen molar-refractivity contribution >= 4 is 23.5 Å². The number of nitrogens with one attached hydrogen (secondary N) is 1. The number of hydrogen-bond donors (Lipinski definition) is 3. The molecule has 0 unspecified atom stereocenters. The van der Waals surface area contributed by atoms with Gasteiger partial charge in [-0.25, -0.2) is 4.79 Å². The number of phenols is 1. The normalized spacial score (nSPS) is 18.5. The Labute approximate surface area is 240 Å². The van der Waals surface area contributed by atoms with Crippen LogP contribution in [0.2, 0.25) is 0 Å². The molecule has 1 fully saturated rings. The highest BCUT2D eigenvalue weighted by Crippen LogP contribution is 2.39. The molecule has 3 aromatic carbocycles. The van der Waals surface area contributed by atoms with Crippen LogP contribution >= 0.6 is 11.8 Å². The minimum Gasteiger partial charge on any atom is -0.508 e. The summed E-state index contributed by atoms with van der Waals surface area (Å²) in [5.74, 6) is 0.713. The predicted octanol–water partition coefficient (Wildman–Crippen LogP) is 4.93. The molecule has 2 heterocycles. The fraction of sp³-hybridized carbons (Fsp3) is 0.241. The standard InChI is InChI=1S/C29H29N5O6S/c1-2-15-38-29(37)30-22-9-7-21(8-10-22)27-39-25(16-26(40-27)20-5-3-19(17-35)4-6-20)18-41-28-31-32-33-34(28)23-11-13-24(36)14-12-23/h2-14,25-27,35-36H,1,15-18H2,(H,30,37)/t25-,26+,27+/m1/s1. The topological polar surface area (TPSA) is 141 Å². The second-order valence-electron chi connectivity index (χ2n) is 9.18. The maximum absolute atomic E-state index is 11.9. The molecule has 5 rings (SSSR count). The smallest absolute Gasteiger partial charge is 0.411 e. The molecule has 41 heavy (non-hydrogen) atoms. The van der Waals surface area contributed by atoms with Crippen LogP contribution in [0.25, 0.3) is 5.69 Å². The average molecular weight is 576 g/mol. The Morgan fingerprint density at radius 2 is 1.80 bits per heavy atom. The molecule has 0 spiro atoms. The summed E-state index contributed by atoms with van der Waals surface area (Å²) in [6, 6.07) is 21.5. The summed E-state index contributed by atoms with van der Waals surface area (Å²) in [4.78, 5) is 11.9. The van der Waals surface area contributed by atoms with Crippen LogP contribution in [0.3, 0.4) is 0 Å². The van der Waals surface area contributed by atoms with Crippen LogP contribution in [0.4, 0.5) is 10.5 Å². The third-order valence-corrected chi connectivity index (χ3v) is 7.36. The van der Waals surface area contributed by atoms with Crippen LogP contribution in [0.15, 0.2) is 90.6 Å². The van der Waals surface area contributed by atoms with Crippen molar-refractivity contribution in [3.8, 4) is 11.4 Å². The molecule has 212 valence electrons. The van der Waals surface area contributed by atoms with Crippen molar-refractivity contribution < 1.29 is 29.2 Å². The quantitative estimate of drug-likeness (QED) is 0.176. The summed E-state index contributed by atoms with van der Waals surface area (Å²) < 4.78 is 19.4. The molecule has 0 radical (unpaired) electrons. The number of aromatic nitrogens is 4. The highest BCUT2D eigenvalue weighted by molar-refractivity contribution is 7.99. The number of amides is 1. The Balaban J connectivity index is 1.31. The first-order chi connectivity index (χ1) is 20.0. The van der Waals surface area contributed by atoms with E-state index in [-0.39, 0.29) is 31.2 Å². The summed E-state index contributed by atoms with van der Waals surface area (Å²) in [5, 5.41) is 34.4. The Hall–Kier alpha value is -4.23. The van der Waals surface area contributed by atoms with E-state index in [9.17, 15) is 15.0 Å². The Morgan fingerprint density at radius 1 is 1.07 bits per heavy atom. The first kappa shape index (κ1) is 28.3. The second-order valence-corrected chi connectivity index (χ2v) is 10.2. The van der Waals surface area contributed by atoms with Crippen molar-refractivity contribution in [1.29, 1.82) is 0 Å². The maximum atomic E-state index is 11.9. The Bertz CT molecular complexity index is 1450. The van der Waals surface area contributed by atoms with Crippen LogP contribution in [0.5, 0.6) is 5.75 Å². The van der Waals surface area contributed by atoms with Gasteiger partial charge in [0.05, 0.1) is 24.5 Å². The molecule has 1 aliphatic heterocycles. The van der Waals surface area contributed by atoms with Gasteiger partial charge in [0.2, 0.25) is 5.16 Å². The van der Waals surface area contributed by atoms with Crippen molar-refractivity contribution in [3.63, 3.8) is 0 Å². The Morgan fingerprint density at radius 3 is 2.51 bits per heavy atom. The first-order valence-corrected chi connectivity index (χ1v) is 13.9. The number of phenolic OH excluding ortho intramolecular Hbond substituents is 1. The second kappa shape index (κ2) is 13.4. The molecule has 3 atom stereocenters. The van der Waals surface area contributed by atoms with Gasteiger partial charge < -0.3 is 24.4 Å². The van der Waals surface area contributed by atoms with Gasteiger partial charge >= 0.3 is 6.09 Å². The maximum Gasteiger partial charge on any atom is 0.411 e. The van der Waals surface area contributed by atoms with E-state index in [1.165, 1.54) is 17.8 Å². The number of anilines is 1. The number of aliphatic hydroxyl groups excluding tert-OH is 1. The van der Waals surface area contributed by atoms with Crippen LogP contribution < -0.4 is 5.32 Å². The fourth-order valence-electron chi connectivity index (χ4n) is 4.23. The number of aliphatic hydroxyl groups is 1. The van der Waals surface area contributed by atoms with E-state index in [0.29, 0.717) is 23.0 Å². The lowest BCUT2D eigenvalue weighted by Gasteiger charge is -2.36. The zero-order valence-electron chi connectivity index (χ0n) is 22.0. The van der Waals surface area contributed by atoms with Gasteiger partial charge in [-0.05, 0) is 58.0 Å². The van der Waals surface area contributed by atoms with Gasteiger partial charge in [-0.1, -0.05) is 60.8 Å². The van der Waals surface area contributed by atoms with Gasteiger partial charge in [-0.3, -0.25) is 5.32 Å². The van der Waals surface area contributed by atoms with Crippen molar-refractivity contribution in [3.05, 3.63) is 102 Å². The van der Waals surface area contributed by atoms with Gasteiger partial charge in [-0.15, -0.1) is 5.10 Å². The molecule has 11 nitrogen and oxygen atoms in total. The largest absolute Gasteiger partial charge is 0.508 e. The first-order valence-electron chi connectivity index (χ1n) is 12.9. The summed E-state index contributed by atoms with van der Waals surface area (Å²) in [7, 11) is 0. The lowest BCUT2D eigenvalue weighted by atomic mass is 10.0. The zero-order valence-corrected chi connectivity index (χ0v) is 22.8. The number of rotatable bonds is 10. The molecule has 4 aromatic rings. The molecule has 0 aliphatic carbocycles. The van der Waals surface area contributed by atoms with Crippen molar-refractivity contribution in [2.75, 3.05) is 17.7 Å². The summed E-state index contributed by atoms with van der Waals surface area (Å²) in [6.07, 6.45) is 0.395. The molecule has 1 aliphatic rings. The van der Waals surface area contributed by atoms with E-state index >= 15 is 0 Å². The lowest BCUT2D eigenvalue weighted by molar-refractivity contribution is -0.245. The van der Waals surface area contributed by atoms with E-state index in [1.54, 1.807) is 41.1 Å². The molecule has 0 saturated carbocycles. The van der Waals surface area contributed by atoms with E-state index in [4.69, 9.17) is 14.2 Å². The van der Waals surface area contributed by atoms with Gasteiger partial charge in [0.1, 0.15) is 12.4 Å². The Kier molecular flexibility index (Phi) is 9.26. The van der Waals surface area contributed by atoms with E-state index in [0.717, 1.165) is 22.4 Å². The monoisotopic (exact) mass is 575 g/mol. The molecule has 12 heteroatoms. The number of carbonyl (C=O) groups is 1. The number of aromatic hydroxyl groups is 1. The highest BCUT2D eigenvalue weighted by atomic mass is 32.2. The molecule has 1 aromatic heterocycles. The SMILES string of the molecule is C=CCOC(=O)Nc1ccc([C@H]2O[C@@H](CSc3nnnn3-c3ccc(O)cc3)C[C@@H](c3ccc(CO)cc3)O2)cc1. The molecule has 1 saturated heterocycles.